The lowest BCUT2D eigenvalue weighted by atomic mass is 10.1. The van der Waals surface area contributed by atoms with Gasteiger partial charge in [-0.05, 0) is 57.1 Å². The van der Waals surface area contributed by atoms with E-state index >= 15 is 0 Å². The van der Waals surface area contributed by atoms with Gasteiger partial charge in [-0.3, -0.25) is 4.79 Å². The minimum Gasteiger partial charge on any atom is -0.396 e. The fourth-order valence-corrected chi connectivity index (χ4v) is 3.61. The molecule has 0 aromatic rings. The van der Waals surface area contributed by atoms with Gasteiger partial charge in [0.1, 0.15) is 0 Å². The molecule has 0 unspecified atom stereocenters. The number of carbonyl (C=O) groups excluding carboxylic acids is 1. The van der Waals surface area contributed by atoms with Gasteiger partial charge in [0.05, 0.1) is 6.04 Å². The molecule has 178 valence electrons. The summed E-state index contributed by atoms with van der Waals surface area (Å²) in [5.74, 6) is -0.00242. The van der Waals surface area contributed by atoms with Gasteiger partial charge in [-0.2, -0.15) is 0 Å². The largest absolute Gasteiger partial charge is 0.396 e. The van der Waals surface area contributed by atoms with E-state index in [-0.39, 0.29) is 11.9 Å². The van der Waals surface area contributed by atoms with Gasteiger partial charge in [0.2, 0.25) is 5.91 Å². The maximum Gasteiger partial charge on any atom is 0.243 e. The minimum atomic E-state index is -0.00242. The summed E-state index contributed by atoms with van der Waals surface area (Å²) in [6.45, 7) is 4.67. The molecule has 0 bridgehead atoms. The third kappa shape index (κ3) is 16.7. The smallest absolute Gasteiger partial charge is 0.243 e. The average molecular weight is 435 g/mol. The Kier molecular flexibility index (Phi) is 16.9. The molecule has 1 amide bonds. The quantitative estimate of drug-likeness (QED) is 0.118. The van der Waals surface area contributed by atoms with Gasteiger partial charge >= 0.3 is 0 Å². The summed E-state index contributed by atoms with van der Waals surface area (Å²) >= 11 is 0. The van der Waals surface area contributed by atoms with Crippen LogP contribution in [0, 0.1) is 0 Å². The highest BCUT2D eigenvalue weighted by Gasteiger charge is 2.37. The summed E-state index contributed by atoms with van der Waals surface area (Å²) in [7, 11) is 0. The highest BCUT2D eigenvalue weighted by atomic mass is 16.3. The Morgan fingerprint density at radius 3 is 1.71 bits per heavy atom. The first kappa shape index (κ1) is 27.4. The molecule has 31 heavy (non-hydrogen) atoms. The van der Waals surface area contributed by atoms with E-state index in [0.717, 1.165) is 57.1 Å². The molecular formula is C26H46N2O3. The van der Waals surface area contributed by atoms with Crippen molar-refractivity contribution in [2.45, 2.75) is 108 Å². The predicted molar refractivity (Wildman–Crippen MR) is 130 cm³/mol. The number of hydrogen-bond acceptors (Lipinski definition) is 4. The van der Waals surface area contributed by atoms with E-state index in [1.54, 1.807) is 6.08 Å². The van der Waals surface area contributed by atoms with Gasteiger partial charge in [-0.1, -0.05) is 70.1 Å². The van der Waals surface area contributed by atoms with Crippen molar-refractivity contribution in [2.24, 2.45) is 0 Å². The third-order valence-electron chi connectivity index (χ3n) is 5.63. The number of aliphatic hydroxyl groups excluding tert-OH is 2. The summed E-state index contributed by atoms with van der Waals surface area (Å²) in [6.07, 6.45) is 24.5. The molecule has 0 saturated heterocycles. The standard InChI is InChI=1S/C26H46N2O3/c1-23(18-14-10-6-2-4-8-12-16-20-29)27-24-22-25(24)28-26(31)19-15-11-7-3-5-9-13-17-21-30/h14-15,18-19,24-25,27,29-30H,1-13,16-17,20-22H2,(H,28,31)/b18-14+,19-15+/t24-,25-/m1/s1. The van der Waals surface area contributed by atoms with Gasteiger partial charge in [0.25, 0.3) is 0 Å². The summed E-state index contributed by atoms with van der Waals surface area (Å²) < 4.78 is 0. The molecule has 1 fully saturated rings. The zero-order chi connectivity index (χ0) is 22.6. The van der Waals surface area contributed by atoms with Crippen molar-refractivity contribution in [3.63, 3.8) is 0 Å². The average Bonchev–Trinajstić information content (AvgIpc) is 3.47. The van der Waals surface area contributed by atoms with Crippen LogP contribution in [-0.2, 0) is 4.79 Å². The van der Waals surface area contributed by atoms with Gasteiger partial charge in [0.15, 0.2) is 0 Å². The first-order valence-corrected chi connectivity index (χ1v) is 12.5. The van der Waals surface area contributed by atoms with Crippen molar-refractivity contribution in [1.82, 2.24) is 10.6 Å². The molecule has 0 radical (unpaired) electrons. The molecule has 2 atom stereocenters. The number of carbonyl (C=O) groups is 1. The summed E-state index contributed by atoms with van der Waals surface area (Å²) in [6, 6.07) is 0.493. The minimum absolute atomic E-state index is 0.00242. The van der Waals surface area contributed by atoms with Crippen LogP contribution in [0.25, 0.3) is 0 Å². The van der Waals surface area contributed by atoms with Crippen LogP contribution >= 0.6 is 0 Å². The van der Waals surface area contributed by atoms with E-state index in [4.69, 9.17) is 10.2 Å². The zero-order valence-corrected chi connectivity index (χ0v) is 19.5. The first-order chi connectivity index (χ1) is 15.2. The van der Waals surface area contributed by atoms with Crippen molar-refractivity contribution >= 4 is 5.91 Å². The van der Waals surface area contributed by atoms with Crippen LogP contribution in [0.5, 0.6) is 0 Å². The van der Waals surface area contributed by atoms with Gasteiger partial charge in [-0.15, -0.1) is 0 Å². The maximum atomic E-state index is 12.0. The van der Waals surface area contributed by atoms with Crippen LogP contribution in [0.15, 0.2) is 36.6 Å². The number of rotatable bonds is 21. The van der Waals surface area contributed by atoms with E-state index in [1.807, 2.05) is 12.2 Å². The van der Waals surface area contributed by atoms with E-state index in [2.05, 4.69) is 23.3 Å². The molecule has 5 nitrogen and oxygen atoms in total. The molecule has 1 rings (SSSR count). The summed E-state index contributed by atoms with van der Waals surface area (Å²) in [4.78, 5) is 12.0. The van der Waals surface area contributed by atoms with Crippen LogP contribution in [0.4, 0.5) is 0 Å². The lowest BCUT2D eigenvalue weighted by molar-refractivity contribution is -0.116. The van der Waals surface area contributed by atoms with E-state index in [1.165, 1.54) is 44.9 Å². The third-order valence-corrected chi connectivity index (χ3v) is 5.63. The Labute approximate surface area is 190 Å². The molecule has 0 aromatic carbocycles. The first-order valence-electron chi connectivity index (χ1n) is 12.5. The Hall–Kier alpha value is -1.59. The Morgan fingerprint density at radius 2 is 1.16 bits per heavy atom. The van der Waals surface area contributed by atoms with Crippen molar-refractivity contribution in [3.05, 3.63) is 36.6 Å². The molecule has 0 aliphatic heterocycles. The number of amides is 1. The van der Waals surface area contributed by atoms with Gasteiger partial charge in [0, 0.05) is 25.0 Å². The van der Waals surface area contributed by atoms with Crippen molar-refractivity contribution in [1.29, 1.82) is 0 Å². The summed E-state index contributed by atoms with van der Waals surface area (Å²) in [5.41, 5.74) is 0.916. The Morgan fingerprint density at radius 1 is 0.710 bits per heavy atom. The van der Waals surface area contributed by atoms with Crippen LogP contribution < -0.4 is 10.6 Å². The number of aliphatic hydroxyl groups is 2. The zero-order valence-electron chi connectivity index (χ0n) is 19.5. The predicted octanol–water partition coefficient (Wildman–Crippen LogP) is 4.91. The lowest BCUT2D eigenvalue weighted by Gasteiger charge is -2.06. The highest BCUT2D eigenvalue weighted by Crippen LogP contribution is 2.22. The summed E-state index contributed by atoms with van der Waals surface area (Å²) in [5, 5.41) is 23.9. The molecule has 0 spiro atoms. The topological polar surface area (TPSA) is 81.6 Å². The van der Waals surface area contributed by atoms with Gasteiger partial charge < -0.3 is 20.8 Å². The molecule has 0 heterocycles. The molecule has 4 N–H and O–H groups in total. The molecular weight excluding hydrogens is 388 g/mol. The van der Waals surface area contributed by atoms with Crippen molar-refractivity contribution in [3.8, 4) is 0 Å². The molecule has 1 saturated carbocycles. The second-order valence-electron chi connectivity index (χ2n) is 8.70. The van der Waals surface area contributed by atoms with Crippen LogP contribution in [0.3, 0.4) is 0 Å². The lowest BCUT2D eigenvalue weighted by Crippen LogP contribution is -2.30. The van der Waals surface area contributed by atoms with E-state index in [0.29, 0.717) is 19.3 Å². The number of unbranched alkanes of at least 4 members (excludes halogenated alkanes) is 12. The van der Waals surface area contributed by atoms with Crippen LogP contribution in [-0.4, -0.2) is 41.4 Å². The SMILES string of the molecule is C=C(/C=C/CCCCCCCCO)N[C@@H]1C[C@H]1NC(=O)/C=C/CCCCCCCCO. The fourth-order valence-electron chi connectivity index (χ4n) is 3.61. The normalized spacial score (nSPS) is 18.0. The number of nitrogens with one attached hydrogen (secondary N) is 2. The van der Waals surface area contributed by atoms with Gasteiger partial charge in [-0.25, -0.2) is 0 Å². The molecule has 5 heteroatoms. The monoisotopic (exact) mass is 434 g/mol. The van der Waals surface area contributed by atoms with Crippen LogP contribution in [0.1, 0.15) is 96.3 Å². The molecule has 0 aromatic heterocycles. The highest BCUT2D eigenvalue weighted by molar-refractivity contribution is 5.88. The fraction of sp³-hybridized carbons (Fsp3) is 0.731. The second kappa shape index (κ2) is 19.1. The molecule has 1 aliphatic rings. The van der Waals surface area contributed by atoms with E-state index in [9.17, 15) is 4.79 Å². The van der Waals surface area contributed by atoms with Crippen molar-refractivity contribution < 1.29 is 15.0 Å². The van der Waals surface area contributed by atoms with Crippen LogP contribution in [0.2, 0.25) is 0 Å². The number of allylic oxidation sites excluding steroid dienone is 3. The Balaban J connectivity index is 1.97. The number of hydrogen-bond donors (Lipinski definition) is 4. The maximum absolute atomic E-state index is 12.0. The van der Waals surface area contributed by atoms with Crippen molar-refractivity contribution in [2.75, 3.05) is 13.2 Å². The van der Waals surface area contributed by atoms with E-state index < -0.39 is 0 Å². The molecule has 1 aliphatic carbocycles. The second-order valence-corrected chi connectivity index (χ2v) is 8.70. The Bertz CT molecular complexity index is 485.